The van der Waals surface area contributed by atoms with Crippen LogP contribution in [0, 0.1) is 0 Å². The van der Waals surface area contributed by atoms with Gasteiger partial charge in [-0.25, -0.2) is 4.79 Å². The van der Waals surface area contributed by atoms with E-state index in [9.17, 15) is 22.8 Å². The molecule has 1 aliphatic rings. The monoisotopic (exact) mass is 429 g/mol. The number of urea groups is 1. The van der Waals surface area contributed by atoms with Crippen molar-refractivity contribution in [3.63, 3.8) is 0 Å². The van der Waals surface area contributed by atoms with Gasteiger partial charge >= 0.3 is 12.2 Å². The molecule has 0 bridgehead atoms. The van der Waals surface area contributed by atoms with Crippen molar-refractivity contribution in [2.75, 3.05) is 70.1 Å². The first-order valence-corrected chi connectivity index (χ1v) is 10.0. The molecule has 0 aliphatic carbocycles. The molecule has 1 aliphatic heterocycles. The number of rotatable bonds is 6. The van der Waals surface area contributed by atoms with Crippen LogP contribution in [0.15, 0.2) is 18.2 Å². The van der Waals surface area contributed by atoms with Crippen LogP contribution in [0.5, 0.6) is 0 Å². The van der Waals surface area contributed by atoms with Gasteiger partial charge in [0.2, 0.25) is 5.91 Å². The Morgan fingerprint density at radius 2 is 1.67 bits per heavy atom. The van der Waals surface area contributed by atoms with E-state index in [1.807, 2.05) is 18.7 Å². The molecule has 10 heteroatoms. The third kappa shape index (κ3) is 6.01. The van der Waals surface area contributed by atoms with Crippen LogP contribution in [-0.4, -0.2) is 86.5 Å². The van der Waals surface area contributed by atoms with E-state index in [-0.39, 0.29) is 18.1 Å². The summed E-state index contributed by atoms with van der Waals surface area (Å²) in [6, 6.07) is 3.25. The third-order valence-electron chi connectivity index (χ3n) is 5.20. The van der Waals surface area contributed by atoms with Crippen molar-refractivity contribution in [1.29, 1.82) is 0 Å². The average Bonchev–Trinajstić information content (AvgIpc) is 2.68. The fourth-order valence-electron chi connectivity index (χ4n) is 3.32. The van der Waals surface area contributed by atoms with E-state index in [1.54, 1.807) is 23.9 Å². The summed E-state index contributed by atoms with van der Waals surface area (Å²) in [6.45, 7) is 7.08. The van der Waals surface area contributed by atoms with Crippen molar-refractivity contribution < 1.29 is 22.8 Å². The van der Waals surface area contributed by atoms with Crippen LogP contribution in [0.1, 0.15) is 19.4 Å². The first-order chi connectivity index (χ1) is 14.1. The quantitative estimate of drug-likeness (QED) is 0.756. The maximum absolute atomic E-state index is 13.5. The molecular formula is C20H30F3N5O2. The number of halogens is 3. The number of anilines is 2. The number of likely N-dealkylation sites (N-methyl/N-ethyl adjacent to an activating group) is 1. The van der Waals surface area contributed by atoms with Crippen LogP contribution in [-0.2, 0) is 11.0 Å². The van der Waals surface area contributed by atoms with Gasteiger partial charge in [-0.2, -0.15) is 13.2 Å². The van der Waals surface area contributed by atoms with Gasteiger partial charge in [-0.05, 0) is 32.0 Å². The molecular weight excluding hydrogens is 399 g/mol. The Hall–Kier alpha value is -2.49. The van der Waals surface area contributed by atoms with Crippen molar-refractivity contribution in [1.82, 2.24) is 14.7 Å². The van der Waals surface area contributed by atoms with Gasteiger partial charge in [0.25, 0.3) is 0 Å². The molecule has 168 valence electrons. The van der Waals surface area contributed by atoms with E-state index in [2.05, 4.69) is 5.32 Å². The first-order valence-electron chi connectivity index (χ1n) is 10.0. The molecule has 0 unspecified atom stereocenters. The van der Waals surface area contributed by atoms with Crippen molar-refractivity contribution in [3.05, 3.63) is 23.8 Å². The Kier molecular flexibility index (Phi) is 7.94. The lowest BCUT2D eigenvalue weighted by Gasteiger charge is -2.35. The lowest BCUT2D eigenvalue weighted by molar-refractivity contribution is -0.137. The molecule has 0 saturated carbocycles. The Morgan fingerprint density at radius 3 is 2.17 bits per heavy atom. The number of hydrogen-bond acceptors (Lipinski definition) is 4. The highest BCUT2D eigenvalue weighted by molar-refractivity contribution is 5.90. The zero-order chi connectivity index (χ0) is 22.5. The van der Waals surface area contributed by atoms with E-state index in [0.717, 1.165) is 6.07 Å². The summed E-state index contributed by atoms with van der Waals surface area (Å²) < 4.78 is 40.4. The second kappa shape index (κ2) is 10.0. The SMILES string of the molecule is CCN(CC)C(=O)CN1CCN(C(=O)Nc2ccc(N(C)C)cc2C(F)(F)F)CC1. The summed E-state index contributed by atoms with van der Waals surface area (Å²) in [7, 11) is 3.30. The fraction of sp³-hybridized carbons (Fsp3) is 0.600. The highest BCUT2D eigenvalue weighted by Gasteiger charge is 2.35. The molecule has 3 amide bonds. The van der Waals surface area contributed by atoms with Crippen molar-refractivity contribution in [3.8, 4) is 0 Å². The number of carbonyl (C=O) groups excluding carboxylic acids is 2. The summed E-state index contributed by atoms with van der Waals surface area (Å²) in [5.74, 6) is 0.0358. The van der Waals surface area contributed by atoms with Crippen LogP contribution in [0.3, 0.4) is 0 Å². The molecule has 1 saturated heterocycles. The largest absolute Gasteiger partial charge is 0.418 e. The van der Waals surface area contributed by atoms with Gasteiger partial charge in [0.05, 0.1) is 17.8 Å². The molecule has 1 fully saturated rings. The zero-order valence-electron chi connectivity index (χ0n) is 17.9. The number of piperazine rings is 1. The van der Waals surface area contributed by atoms with Gasteiger partial charge in [-0.15, -0.1) is 0 Å². The molecule has 0 atom stereocenters. The number of nitrogens with one attached hydrogen (secondary N) is 1. The van der Waals surface area contributed by atoms with Crippen molar-refractivity contribution >= 4 is 23.3 Å². The number of benzene rings is 1. The van der Waals surface area contributed by atoms with Crippen LogP contribution in [0.4, 0.5) is 29.3 Å². The predicted molar refractivity (Wildman–Crippen MR) is 111 cm³/mol. The lowest BCUT2D eigenvalue weighted by Crippen LogP contribution is -2.52. The van der Waals surface area contributed by atoms with E-state index in [1.165, 1.54) is 17.0 Å². The molecule has 1 N–H and O–H groups in total. The Bertz CT molecular complexity index is 742. The van der Waals surface area contributed by atoms with E-state index in [0.29, 0.717) is 45.0 Å². The summed E-state index contributed by atoms with van der Waals surface area (Å²) in [5, 5.41) is 2.40. The molecule has 1 heterocycles. The van der Waals surface area contributed by atoms with Crippen LogP contribution in [0.2, 0.25) is 0 Å². The standard InChI is InChI=1S/C20H30F3N5O2/c1-5-27(6-2)18(29)14-26-9-11-28(12-10-26)19(30)24-17-8-7-15(25(3)4)13-16(17)20(21,22)23/h7-8,13H,5-6,9-12,14H2,1-4H3,(H,24,30). The molecule has 30 heavy (non-hydrogen) atoms. The first kappa shape index (κ1) is 23.8. The van der Waals surface area contributed by atoms with E-state index < -0.39 is 17.8 Å². The van der Waals surface area contributed by atoms with E-state index >= 15 is 0 Å². The van der Waals surface area contributed by atoms with Gasteiger partial charge < -0.3 is 20.0 Å². The summed E-state index contributed by atoms with van der Waals surface area (Å²) in [5.41, 5.74) is -0.755. The second-order valence-corrected chi connectivity index (χ2v) is 7.38. The van der Waals surface area contributed by atoms with Crippen LogP contribution in [0.25, 0.3) is 0 Å². The molecule has 0 spiro atoms. The summed E-state index contributed by atoms with van der Waals surface area (Å²) in [4.78, 5) is 31.5. The maximum Gasteiger partial charge on any atom is 0.418 e. The van der Waals surface area contributed by atoms with Gasteiger partial charge in [-0.1, -0.05) is 0 Å². The number of nitrogens with zero attached hydrogens (tertiary/aromatic N) is 4. The van der Waals surface area contributed by atoms with Crippen LogP contribution >= 0.6 is 0 Å². The number of hydrogen-bond donors (Lipinski definition) is 1. The molecule has 1 aromatic rings. The predicted octanol–water partition coefficient (Wildman–Crippen LogP) is 2.79. The minimum atomic E-state index is -4.59. The Morgan fingerprint density at radius 1 is 1.07 bits per heavy atom. The Labute approximate surface area is 175 Å². The third-order valence-corrected chi connectivity index (χ3v) is 5.20. The molecule has 0 aromatic heterocycles. The van der Waals surface area contributed by atoms with E-state index in [4.69, 9.17) is 0 Å². The average molecular weight is 429 g/mol. The smallest absolute Gasteiger partial charge is 0.378 e. The fourth-order valence-corrected chi connectivity index (χ4v) is 3.32. The zero-order valence-corrected chi connectivity index (χ0v) is 17.9. The highest BCUT2D eigenvalue weighted by atomic mass is 19.4. The van der Waals surface area contributed by atoms with Gasteiger partial charge in [-0.3, -0.25) is 9.69 Å². The second-order valence-electron chi connectivity index (χ2n) is 7.38. The highest BCUT2D eigenvalue weighted by Crippen LogP contribution is 2.37. The van der Waals surface area contributed by atoms with Gasteiger partial charge in [0.15, 0.2) is 0 Å². The van der Waals surface area contributed by atoms with Crippen LogP contribution < -0.4 is 10.2 Å². The van der Waals surface area contributed by atoms with Crippen molar-refractivity contribution in [2.45, 2.75) is 20.0 Å². The van der Waals surface area contributed by atoms with Crippen molar-refractivity contribution in [2.24, 2.45) is 0 Å². The minimum Gasteiger partial charge on any atom is -0.378 e. The lowest BCUT2D eigenvalue weighted by atomic mass is 10.1. The topological polar surface area (TPSA) is 59.1 Å². The number of alkyl halides is 3. The molecule has 0 radical (unpaired) electrons. The molecule has 1 aromatic carbocycles. The number of amides is 3. The Balaban J connectivity index is 1.99. The maximum atomic E-state index is 13.5. The van der Waals surface area contributed by atoms with Gasteiger partial charge in [0.1, 0.15) is 0 Å². The molecule has 2 rings (SSSR count). The summed E-state index contributed by atoms with van der Waals surface area (Å²) >= 11 is 0. The van der Waals surface area contributed by atoms with Gasteiger partial charge in [0, 0.05) is 59.1 Å². The summed E-state index contributed by atoms with van der Waals surface area (Å²) in [6.07, 6.45) is -4.59. The molecule has 7 nitrogen and oxygen atoms in total. The minimum absolute atomic E-state index is 0.0358. The normalized spacial score (nSPS) is 15.1. The number of carbonyl (C=O) groups is 2.